The van der Waals surface area contributed by atoms with E-state index in [-0.39, 0.29) is 17.7 Å². The molecule has 4 nitrogen and oxygen atoms in total. The third-order valence-corrected chi connectivity index (χ3v) is 7.23. The number of amides is 2. The first-order valence-corrected chi connectivity index (χ1v) is 10.8. The largest absolute Gasteiger partial charge is 0.343 e. The fourth-order valence-electron chi connectivity index (χ4n) is 5.91. The molecule has 150 valence electrons. The van der Waals surface area contributed by atoms with Gasteiger partial charge in [0, 0.05) is 11.3 Å². The highest BCUT2D eigenvalue weighted by Gasteiger charge is 2.78. The summed E-state index contributed by atoms with van der Waals surface area (Å²) in [6.07, 6.45) is 4.57. The monoisotopic (exact) mass is 397 g/mol. The normalized spacial score (nSPS) is 30.5. The van der Waals surface area contributed by atoms with Gasteiger partial charge in [-0.1, -0.05) is 86.0 Å². The molecule has 0 unspecified atom stereocenters. The van der Waals surface area contributed by atoms with Crippen LogP contribution >= 0.6 is 0 Å². The zero-order valence-electron chi connectivity index (χ0n) is 16.7. The molecule has 1 aliphatic carbocycles. The number of anilines is 1. The summed E-state index contributed by atoms with van der Waals surface area (Å²) in [5, 5.41) is 1.92. The highest BCUT2D eigenvalue weighted by atomic mass is 16.6. The van der Waals surface area contributed by atoms with Crippen molar-refractivity contribution in [3.8, 4) is 0 Å². The smallest absolute Gasteiger partial charge is 0.271 e. The molecule has 4 aliphatic rings. The van der Waals surface area contributed by atoms with E-state index < -0.39 is 11.2 Å². The average molecular weight is 397 g/mol. The maximum absolute atomic E-state index is 14.1. The Labute approximate surface area is 175 Å². The van der Waals surface area contributed by atoms with Crippen molar-refractivity contribution in [2.45, 2.75) is 43.3 Å². The summed E-state index contributed by atoms with van der Waals surface area (Å²) in [7, 11) is 0. The summed E-state index contributed by atoms with van der Waals surface area (Å²) in [5.74, 6) is -0.529. The minimum atomic E-state index is -1.07. The van der Waals surface area contributed by atoms with E-state index in [0.29, 0.717) is 12.1 Å². The fourth-order valence-corrected chi connectivity index (χ4v) is 5.91. The lowest BCUT2D eigenvalue weighted by atomic mass is 9.59. The highest BCUT2D eigenvalue weighted by Crippen LogP contribution is 2.63. The average Bonchev–Trinajstić information content (AvgIpc) is 2.95. The maximum atomic E-state index is 14.1. The molecule has 1 saturated carbocycles. The van der Waals surface area contributed by atoms with Gasteiger partial charge in [-0.3, -0.25) is 9.59 Å². The van der Waals surface area contributed by atoms with E-state index in [1.165, 1.54) is 4.90 Å². The highest BCUT2D eigenvalue weighted by molar-refractivity contribution is 6.27. The third-order valence-electron chi connectivity index (χ3n) is 7.23. The molecule has 30 heavy (non-hydrogen) atoms. The molecule has 1 spiro atoms. The van der Waals surface area contributed by atoms with E-state index in [1.54, 1.807) is 0 Å². The number of carbonyl (C=O) groups excluding carboxylic acids is 2. The number of carbonyl (C=O) groups is 2. The van der Waals surface area contributed by atoms with Gasteiger partial charge in [0.05, 0.1) is 5.69 Å². The van der Waals surface area contributed by atoms with Crippen LogP contribution in [0.25, 0.3) is 10.8 Å². The minimum absolute atomic E-state index is 0.0962. The van der Waals surface area contributed by atoms with E-state index in [4.69, 9.17) is 4.74 Å². The van der Waals surface area contributed by atoms with Gasteiger partial charge in [0.15, 0.2) is 11.2 Å². The van der Waals surface area contributed by atoms with Gasteiger partial charge >= 0.3 is 0 Å². The van der Waals surface area contributed by atoms with Crippen molar-refractivity contribution in [2.24, 2.45) is 5.92 Å². The quantitative estimate of drug-likeness (QED) is 0.575. The number of piperidine rings is 1. The van der Waals surface area contributed by atoms with E-state index in [2.05, 4.69) is 0 Å². The Hall–Kier alpha value is -2.98. The van der Waals surface area contributed by atoms with Crippen molar-refractivity contribution >= 4 is 28.3 Å². The number of hydrogen-bond donors (Lipinski definition) is 0. The SMILES string of the molecule is O=C1N(c2cccc3ccccc23)C(=O)[C@]23CCCCC[C@H]2[C@@]1(c1ccccc1)O3. The third kappa shape index (κ3) is 2.09. The number of imide groups is 1. The van der Waals surface area contributed by atoms with Crippen LogP contribution in [0.5, 0.6) is 0 Å². The van der Waals surface area contributed by atoms with E-state index in [0.717, 1.165) is 42.0 Å². The molecule has 0 radical (unpaired) electrons. The summed E-state index contributed by atoms with van der Waals surface area (Å²) in [6.45, 7) is 0. The fraction of sp³-hybridized carbons (Fsp3) is 0.308. The summed E-state index contributed by atoms with van der Waals surface area (Å²) in [6, 6.07) is 23.5. The summed E-state index contributed by atoms with van der Waals surface area (Å²) in [5.41, 5.74) is -0.447. The van der Waals surface area contributed by atoms with E-state index in [9.17, 15) is 9.59 Å². The predicted molar refractivity (Wildman–Crippen MR) is 115 cm³/mol. The lowest BCUT2D eigenvalue weighted by molar-refractivity contribution is -0.311. The number of benzene rings is 3. The van der Waals surface area contributed by atoms with Gasteiger partial charge in [-0.05, 0) is 29.9 Å². The molecule has 0 N–H and O–H groups in total. The molecule has 3 atom stereocenters. The second-order valence-corrected chi connectivity index (χ2v) is 8.69. The van der Waals surface area contributed by atoms with E-state index >= 15 is 0 Å². The van der Waals surface area contributed by atoms with Crippen LogP contribution in [-0.2, 0) is 19.9 Å². The number of rotatable bonds is 2. The predicted octanol–water partition coefficient (Wildman–Crippen LogP) is 4.96. The molecular weight excluding hydrogens is 374 g/mol. The molecule has 7 rings (SSSR count). The lowest BCUT2D eigenvalue weighted by Crippen LogP contribution is -2.82. The molecule has 3 aromatic rings. The van der Waals surface area contributed by atoms with E-state index in [1.807, 2.05) is 72.8 Å². The van der Waals surface area contributed by atoms with Crippen LogP contribution in [0.4, 0.5) is 5.69 Å². The van der Waals surface area contributed by atoms with Gasteiger partial charge in [-0.2, -0.15) is 0 Å². The van der Waals surface area contributed by atoms with Crippen LogP contribution < -0.4 is 4.90 Å². The first-order valence-electron chi connectivity index (χ1n) is 10.8. The lowest BCUT2D eigenvalue weighted by Gasteiger charge is -2.65. The zero-order valence-corrected chi connectivity index (χ0v) is 16.7. The molecule has 2 bridgehead atoms. The maximum Gasteiger partial charge on any atom is 0.271 e. The Morgan fingerprint density at radius 2 is 1.57 bits per heavy atom. The van der Waals surface area contributed by atoms with Gasteiger partial charge < -0.3 is 4.74 Å². The molecule has 4 fully saturated rings. The number of morpholine rings is 1. The van der Waals surface area contributed by atoms with Crippen LogP contribution in [0.3, 0.4) is 0 Å². The topological polar surface area (TPSA) is 46.6 Å². The van der Waals surface area contributed by atoms with Gasteiger partial charge in [-0.15, -0.1) is 0 Å². The second kappa shape index (κ2) is 6.26. The molecule has 3 aromatic carbocycles. The summed E-state index contributed by atoms with van der Waals surface area (Å²) in [4.78, 5) is 29.4. The molecule has 4 heteroatoms. The Kier molecular flexibility index (Phi) is 3.72. The Balaban J connectivity index is 1.58. The van der Waals surface area contributed by atoms with Crippen molar-refractivity contribution in [3.05, 3.63) is 78.4 Å². The van der Waals surface area contributed by atoms with Gasteiger partial charge in [0.25, 0.3) is 11.8 Å². The van der Waals surface area contributed by atoms with Crippen LogP contribution in [0.1, 0.15) is 37.7 Å². The number of hydrogen-bond acceptors (Lipinski definition) is 3. The molecule has 3 saturated heterocycles. The summed E-state index contributed by atoms with van der Waals surface area (Å²) < 4.78 is 6.47. The first kappa shape index (κ1) is 17.8. The second-order valence-electron chi connectivity index (χ2n) is 8.69. The van der Waals surface area contributed by atoms with Crippen LogP contribution in [-0.4, -0.2) is 17.4 Å². The number of nitrogens with zero attached hydrogens (tertiary/aromatic N) is 1. The molecular formula is C26H23NO3. The van der Waals surface area contributed by atoms with Crippen LogP contribution in [0, 0.1) is 5.92 Å². The molecule has 0 aromatic heterocycles. The first-order chi connectivity index (χ1) is 14.7. The summed E-state index contributed by atoms with van der Waals surface area (Å²) >= 11 is 0. The number of fused-ring (bicyclic) bond motifs is 3. The van der Waals surface area contributed by atoms with Gasteiger partial charge in [0.1, 0.15) is 0 Å². The van der Waals surface area contributed by atoms with Crippen molar-refractivity contribution in [3.63, 3.8) is 0 Å². The Morgan fingerprint density at radius 1 is 0.800 bits per heavy atom. The molecule has 3 heterocycles. The van der Waals surface area contributed by atoms with Crippen molar-refractivity contribution in [2.75, 3.05) is 4.90 Å². The van der Waals surface area contributed by atoms with Gasteiger partial charge in [0.2, 0.25) is 0 Å². The van der Waals surface area contributed by atoms with Crippen LogP contribution in [0.2, 0.25) is 0 Å². The zero-order chi connectivity index (χ0) is 20.3. The van der Waals surface area contributed by atoms with Crippen molar-refractivity contribution in [1.82, 2.24) is 0 Å². The molecule has 3 aliphatic heterocycles. The Bertz CT molecular complexity index is 1170. The van der Waals surface area contributed by atoms with Crippen molar-refractivity contribution < 1.29 is 14.3 Å². The molecule has 2 amide bonds. The van der Waals surface area contributed by atoms with Crippen molar-refractivity contribution in [1.29, 1.82) is 0 Å². The van der Waals surface area contributed by atoms with Gasteiger partial charge in [-0.25, -0.2) is 4.90 Å². The Morgan fingerprint density at radius 3 is 2.43 bits per heavy atom. The number of ether oxygens (including phenoxy) is 1. The minimum Gasteiger partial charge on any atom is -0.343 e. The van der Waals surface area contributed by atoms with Crippen LogP contribution in [0.15, 0.2) is 72.8 Å². The standard InChI is InChI=1S/C26H23NO3/c28-23-25-17-8-2-5-16-22(25)26(30-25,19-12-3-1-4-13-19)24(29)27(23)21-15-9-11-18-10-6-7-14-20(18)21/h1,3-4,6-7,9-15,22H,2,5,8,16-17H2/t22-,25+,26-/m1/s1.